The molecule has 0 saturated heterocycles. The van der Waals surface area contributed by atoms with Crippen molar-refractivity contribution in [2.75, 3.05) is 6.54 Å². The van der Waals surface area contributed by atoms with Crippen LogP contribution >= 0.6 is 23.4 Å². The molecule has 0 saturated carbocycles. The first-order chi connectivity index (χ1) is 11.8. The van der Waals surface area contributed by atoms with Gasteiger partial charge in [-0.3, -0.25) is 4.99 Å². The van der Waals surface area contributed by atoms with Gasteiger partial charge < -0.3 is 5.73 Å². The van der Waals surface area contributed by atoms with E-state index in [-0.39, 0.29) is 23.5 Å². The third kappa shape index (κ3) is 7.30. The molecule has 3 unspecified atom stereocenters. The van der Waals surface area contributed by atoms with Crippen LogP contribution in [0.2, 0.25) is 5.02 Å². The van der Waals surface area contributed by atoms with Crippen LogP contribution in [0.15, 0.2) is 48.0 Å². The van der Waals surface area contributed by atoms with E-state index in [4.69, 9.17) is 17.3 Å². The van der Waals surface area contributed by atoms with Crippen molar-refractivity contribution in [3.8, 4) is 0 Å². The Morgan fingerprint density at radius 2 is 2.12 bits per heavy atom. The standard InChI is InChI=1S/C19H25ClF2N2S/c1-5-16(21)9-17(12(2)3)19(24-13(4)10-23)25-11-14-8-15(20)6-7-18(14)22/h5-8,16-17,19H,1-2,9-11,23H2,3-4H3/b24-13-. The molecule has 0 fully saturated rings. The highest BCUT2D eigenvalue weighted by atomic mass is 35.5. The third-order valence-electron chi connectivity index (χ3n) is 3.77. The van der Waals surface area contributed by atoms with Crippen LogP contribution in [-0.2, 0) is 5.75 Å². The van der Waals surface area contributed by atoms with Crippen molar-refractivity contribution < 1.29 is 8.78 Å². The molecule has 138 valence electrons. The SMILES string of the molecule is C=CC(F)CC(C(=C)C)C(/N=C(/C)CN)SCc1cc(Cl)ccc1F. The van der Waals surface area contributed by atoms with E-state index in [9.17, 15) is 8.78 Å². The fourth-order valence-electron chi connectivity index (χ4n) is 2.24. The molecule has 1 aromatic carbocycles. The molecule has 0 bridgehead atoms. The number of alkyl halides is 1. The Hall–Kier alpha value is -1.17. The first-order valence-corrected chi connectivity index (χ1v) is 9.42. The first kappa shape index (κ1) is 21.9. The van der Waals surface area contributed by atoms with Crippen molar-refractivity contribution in [2.24, 2.45) is 16.6 Å². The molecule has 0 aliphatic carbocycles. The van der Waals surface area contributed by atoms with Crippen molar-refractivity contribution in [3.63, 3.8) is 0 Å². The molecule has 25 heavy (non-hydrogen) atoms. The van der Waals surface area contributed by atoms with E-state index in [1.807, 2.05) is 13.8 Å². The van der Waals surface area contributed by atoms with Crippen LogP contribution in [0.4, 0.5) is 8.78 Å². The quantitative estimate of drug-likeness (QED) is 0.422. The van der Waals surface area contributed by atoms with Crippen molar-refractivity contribution in [3.05, 3.63) is 59.4 Å². The maximum atomic E-state index is 14.0. The number of nitrogens with two attached hydrogens (primary N) is 1. The van der Waals surface area contributed by atoms with E-state index in [1.165, 1.54) is 30.0 Å². The molecule has 0 spiro atoms. The summed E-state index contributed by atoms with van der Waals surface area (Å²) in [7, 11) is 0. The molecule has 0 heterocycles. The Kier molecular flexibility index (Phi) is 9.39. The van der Waals surface area contributed by atoms with E-state index in [0.29, 0.717) is 22.9 Å². The van der Waals surface area contributed by atoms with Gasteiger partial charge in [0, 0.05) is 28.9 Å². The van der Waals surface area contributed by atoms with Gasteiger partial charge in [0.25, 0.3) is 0 Å². The van der Waals surface area contributed by atoms with Gasteiger partial charge in [-0.25, -0.2) is 8.78 Å². The van der Waals surface area contributed by atoms with E-state index in [2.05, 4.69) is 18.2 Å². The number of nitrogens with zero attached hydrogens (tertiary/aromatic N) is 1. The lowest BCUT2D eigenvalue weighted by atomic mass is 9.95. The zero-order chi connectivity index (χ0) is 19.0. The maximum Gasteiger partial charge on any atom is 0.127 e. The van der Waals surface area contributed by atoms with Crippen molar-refractivity contribution in [1.29, 1.82) is 0 Å². The van der Waals surface area contributed by atoms with Crippen LogP contribution in [0.3, 0.4) is 0 Å². The normalized spacial score (nSPS) is 15.5. The molecule has 6 heteroatoms. The lowest BCUT2D eigenvalue weighted by molar-refractivity contribution is 0.334. The molecular weight excluding hydrogens is 362 g/mol. The average molecular weight is 387 g/mol. The molecule has 0 aliphatic rings. The van der Waals surface area contributed by atoms with Crippen LogP contribution in [0.5, 0.6) is 0 Å². The molecule has 0 amide bonds. The molecule has 1 rings (SSSR count). The van der Waals surface area contributed by atoms with Crippen LogP contribution in [-0.4, -0.2) is 23.8 Å². The second-order valence-electron chi connectivity index (χ2n) is 5.95. The topological polar surface area (TPSA) is 38.4 Å². The fourth-order valence-corrected chi connectivity index (χ4v) is 3.84. The summed E-state index contributed by atoms with van der Waals surface area (Å²) in [6.45, 7) is 11.4. The number of halogens is 3. The van der Waals surface area contributed by atoms with E-state index < -0.39 is 6.17 Å². The fraction of sp³-hybridized carbons (Fsp3) is 0.421. The zero-order valence-electron chi connectivity index (χ0n) is 14.6. The van der Waals surface area contributed by atoms with Gasteiger partial charge in [0.2, 0.25) is 0 Å². The van der Waals surface area contributed by atoms with Gasteiger partial charge >= 0.3 is 0 Å². The molecule has 1 aromatic rings. The van der Waals surface area contributed by atoms with E-state index in [0.717, 1.165) is 11.3 Å². The number of hydrogen-bond acceptors (Lipinski definition) is 3. The lowest BCUT2D eigenvalue weighted by Gasteiger charge is -2.26. The van der Waals surface area contributed by atoms with E-state index >= 15 is 0 Å². The minimum atomic E-state index is -1.15. The summed E-state index contributed by atoms with van der Waals surface area (Å²) < 4.78 is 27.8. The second-order valence-corrected chi connectivity index (χ2v) is 7.49. The highest BCUT2D eigenvalue weighted by Gasteiger charge is 2.25. The third-order valence-corrected chi connectivity index (χ3v) is 5.26. The summed E-state index contributed by atoms with van der Waals surface area (Å²) in [4.78, 5) is 4.61. The number of aliphatic imine (C=N–C) groups is 1. The van der Waals surface area contributed by atoms with Gasteiger partial charge in [0.15, 0.2) is 0 Å². The number of rotatable bonds is 10. The summed E-state index contributed by atoms with van der Waals surface area (Å²) >= 11 is 7.37. The van der Waals surface area contributed by atoms with Crippen LogP contribution < -0.4 is 5.73 Å². The number of allylic oxidation sites excluding steroid dienone is 1. The van der Waals surface area contributed by atoms with Gasteiger partial charge in [-0.15, -0.1) is 18.3 Å². The number of thioether (sulfide) groups is 1. The highest BCUT2D eigenvalue weighted by Crippen LogP contribution is 2.34. The largest absolute Gasteiger partial charge is 0.326 e. The average Bonchev–Trinajstić information content (AvgIpc) is 2.58. The van der Waals surface area contributed by atoms with Crippen LogP contribution in [0, 0.1) is 11.7 Å². The molecule has 2 nitrogen and oxygen atoms in total. The van der Waals surface area contributed by atoms with Crippen molar-refractivity contribution in [1.82, 2.24) is 0 Å². The first-order valence-electron chi connectivity index (χ1n) is 7.99. The Bertz CT molecular complexity index is 634. The second kappa shape index (κ2) is 10.7. The smallest absolute Gasteiger partial charge is 0.127 e. The Labute approximate surface area is 158 Å². The molecule has 3 atom stereocenters. The summed E-state index contributed by atoms with van der Waals surface area (Å²) in [6, 6.07) is 4.44. The predicted molar refractivity (Wildman–Crippen MR) is 107 cm³/mol. The van der Waals surface area contributed by atoms with E-state index in [1.54, 1.807) is 6.07 Å². The summed E-state index contributed by atoms with van der Waals surface area (Å²) in [6.07, 6.45) is 0.352. The molecule has 0 aliphatic heterocycles. The Morgan fingerprint density at radius 1 is 1.44 bits per heavy atom. The van der Waals surface area contributed by atoms with Crippen molar-refractivity contribution in [2.45, 2.75) is 37.6 Å². The predicted octanol–water partition coefficient (Wildman–Crippen LogP) is 5.56. The summed E-state index contributed by atoms with van der Waals surface area (Å²) in [5, 5.41) is 0.166. The number of hydrogen-bond donors (Lipinski definition) is 1. The molecule has 2 N–H and O–H groups in total. The summed E-state index contributed by atoms with van der Waals surface area (Å²) in [5.74, 6) is -0.161. The van der Waals surface area contributed by atoms with Gasteiger partial charge in [-0.05, 0) is 44.0 Å². The minimum absolute atomic E-state index is 0.207. The molecule has 0 radical (unpaired) electrons. The van der Waals surface area contributed by atoms with Gasteiger partial charge in [0.1, 0.15) is 17.4 Å². The van der Waals surface area contributed by atoms with Crippen LogP contribution in [0.1, 0.15) is 25.8 Å². The summed E-state index contributed by atoms with van der Waals surface area (Å²) in [5.41, 5.74) is 7.71. The minimum Gasteiger partial charge on any atom is -0.326 e. The highest BCUT2D eigenvalue weighted by molar-refractivity contribution is 7.99. The number of benzene rings is 1. The Balaban J connectivity index is 3.03. The zero-order valence-corrected chi connectivity index (χ0v) is 16.2. The van der Waals surface area contributed by atoms with Gasteiger partial charge in [-0.2, -0.15) is 0 Å². The Morgan fingerprint density at radius 3 is 2.68 bits per heavy atom. The monoisotopic (exact) mass is 386 g/mol. The molecular formula is C19H25ClF2N2S. The van der Waals surface area contributed by atoms with Crippen molar-refractivity contribution >= 4 is 29.1 Å². The van der Waals surface area contributed by atoms with Crippen LogP contribution in [0.25, 0.3) is 0 Å². The maximum absolute atomic E-state index is 14.0. The molecule has 0 aromatic heterocycles. The van der Waals surface area contributed by atoms with Gasteiger partial charge in [-0.1, -0.05) is 29.8 Å². The lowest BCUT2D eigenvalue weighted by Crippen LogP contribution is -2.23. The van der Waals surface area contributed by atoms with Gasteiger partial charge in [0.05, 0.1) is 0 Å².